The van der Waals surface area contributed by atoms with E-state index in [-0.39, 0.29) is 28.1 Å². The van der Waals surface area contributed by atoms with Crippen molar-refractivity contribution in [3.05, 3.63) is 17.1 Å². The number of carboxylic acids is 1. The van der Waals surface area contributed by atoms with E-state index in [1.165, 1.54) is 40.2 Å². The second kappa shape index (κ2) is 10.5. The van der Waals surface area contributed by atoms with Crippen LogP contribution in [0.4, 0.5) is 5.13 Å². The van der Waals surface area contributed by atoms with Crippen LogP contribution in [0.15, 0.2) is 21.6 Å². The lowest BCUT2D eigenvalue weighted by Gasteiger charge is -2.49. The number of anilines is 1. The summed E-state index contributed by atoms with van der Waals surface area (Å²) in [7, 11) is 1.24. The summed E-state index contributed by atoms with van der Waals surface area (Å²) in [6.07, 6.45) is 0. The zero-order chi connectivity index (χ0) is 25.1. The molecule has 4 heterocycles. The number of nitrogen functional groups attached to an aromatic ring is 1. The molecular formula is C16H19N11O5S3. The molecule has 1 fully saturated rings. The molecule has 2 aliphatic rings. The van der Waals surface area contributed by atoms with Gasteiger partial charge in [0.15, 0.2) is 5.13 Å². The van der Waals surface area contributed by atoms with Gasteiger partial charge < -0.3 is 26.7 Å². The number of thioether (sulfide) groups is 2. The van der Waals surface area contributed by atoms with Crippen LogP contribution >= 0.6 is 35.1 Å². The number of hydrogen-bond donors (Lipinski definition) is 4. The van der Waals surface area contributed by atoms with Gasteiger partial charge in [-0.15, -0.1) is 16.9 Å². The molecule has 1 saturated heterocycles. The SMILES string of the molecule is CON=C(C(=O)NC1C(=O)N2C(C(=O)O)=C(CSc3nnnn3CCN)CS[C@H]12)c1nsc(N)n1. The van der Waals surface area contributed by atoms with Crippen LogP contribution in [-0.2, 0) is 25.8 Å². The van der Waals surface area contributed by atoms with E-state index in [2.05, 4.69) is 35.4 Å². The van der Waals surface area contributed by atoms with Crippen molar-refractivity contribution in [1.82, 2.24) is 39.8 Å². The number of rotatable bonds is 10. The van der Waals surface area contributed by atoms with Crippen molar-refractivity contribution in [3.8, 4) is 0 Å². The molecule has 2 amide bonds. The molecule has 0 radical (unpaired) electrons. The Bertz CT molecular complexity index is 1210. The highest BCUT2D eigenvalue weighted by Crippen LogP contribution is 2.41. The van der Waals surface area contributed by atoms with Crippen molar-refractivity contribution in [2.75, 3.05) is 30.9 Å². The van der Waals surface area contributed by atoms with E-state index in [1.807, 2.05) is 0 Å². The Morgan fingerprint density at radius 2 is 2.23 bits per heavy atom. The van der Waals surface area contributed by atoms with Gasteiger partial charge in [0.1, 0.15) is 24.2 Å². The number of amides is 2. The van der Waals surface area contributed by atoms with Crippen molar-refractivity contribution in [2.45, 2.75) is 23.1 Å². The Morgan fingerprint density at radius 3 is 2.89 bits per heavy atom. The molecule has 0 aromatic carbocycles. The maximum Gasteiger partial charge on any atom is 0.352 e. The number of tetrazole rings is 1. The zero-order valence-corrected chi connectivity index (χ0v) is 20.5. The number of nitrogens with two attached hydrogens (primary N) is 2. The number of carboxylic acid groups (broad SMARTS) is 1. The summed E-state index contributed by atoms with van der Waals surface area (Å²) in [5.74, 6) is -2.02. The lowest BCUT2D eigenvalue weighted by atomic mass is 10.0. The molecule has 6 N–H and O–H groups in total. The molecule has 2 aliphatic heterocycles. The molecule has 2 aromatic heterocycles. The number of oxime groups is 1. The normalized spacial score (nSPS) is 19.9. The molecule has 0 aliphatic carbocycles. The van der Waals surface area contributed by atoms with E-state index in [1.54, 1.807) is 0 Å². The first-order valence-corrected chi connectivity index (χ1v) is 12.7. The Morgan fingerprint density at radius 1 is 1.43 bits per heavy atom. The van der Waals surface area contributed by atoms with Gasteiger partial charge in [-0.25, -0.2) is 9.48 Å². The molecule has 16 nitrogen and oxygen atoms in total. The standard InChI is InChI=1S/C16H19N11O5S3/c1-32-22-7(10-20-15(18)35-23-10)11(28)19-8-12(29)27-9(14(30)31)6(4-33-13(8)27)5-34-16-21-24-25-26(16)3-2-17/h8,13H,2-5,17H2,1H3,(H,19,28)(H,30,31)(H2,18,20,23)/t8?,13-/m1/s1. The highest BCUT2D eigenvalue weighted by atomic mass is 32.2. The monoisotopic (exact) mass is 541 g/mol. The number of nitrogens with one attached hydrogen (secondary N) is 1. The van der Waals surface area contributed by atoms with E-state index in [9.17, 15) is 19.5 Å². The number of aromatic nitrogens is 6. The van der Waals surface area contributed by atoms with Gasteiger partial charge in [-0.2, -0.15) is 9.36 Å². The van der Waals surface area contributed by atoms with Crippen molar-refractivity contribution in [3.63, 3.8) is 0 Å². The van der Waals surface area contributed by atoms with Crippen LogP contribution in [0.2, 0.25) is 0 Å². The summed E-state index contributed by atoms with van der Waals surface area (Å²) in [6, 6.07) is -0.967. The first-order chi connectivity index (χ1) is 16.8. The second-order valence-electron chi connectivity index (χ2n) is 6.96. The number of fused-ring (bicyclic) bond motifs is 1. The van der Waals surface area contributed by atoms with Gasteiger partial charge in [-0.1, -0.05) is 16.9 Å². The molecule has 19 heteroatoms. The van der Waals surface area contributed by atoms with Crippen LogP contribution in [0.25, 0.3) is 0 Å². The average Bonchev–Trinajstić information content (AvgIpc) is 3.47. The van der Waals surface area contributed by atoms with Gasteiger partial charge in [-0.05, 0) is 16.0 Å². The zero-order valence-electron chi connectivity index (χ0n) is 18.0. The maximum absolute atomic E-state index is 12.9. The van der Waals surface area contributed by atoms with E-state index >= 15 is 0 Å². The first-order valence-electron chi connectivity index (χ1n) is 9.86. The maximum atomic E-state index is 12.9. The predicted molar refractivity (Wildman–Crippen MR) is 125 cm³/mol. The Balaban J connectivity index is 1.48. The van der Waals surface area contributed by atoms with E-state index in [0.717, 1.165) is 11.5 Å². The topological polar surface area (TPSA) is 230 Å². The molecule has 2 aromatic rings. The van der Waals surface area contributed by atoms with Crippen LogP contribution in [-0.4, -0.2) is 99.6 Å². The van der Waals surface area contributed by atoms with Gasteiger partial charge >= 0.3 is 5.97 Å². The molecule has 186 valence electrons. The van der Waals surface area contributed by atoms with Crippen LogP contribution < -0.4 is 16.8 Å². The van der Waals surface area contributed by atoms with Gasteiger partial charge in [0.25, 0.3) is 11.8 Å². The minimum Gasteiger partial charge on any atom is -0.477 e. The third-order valence-corrected chi connectivity index (χ3v) is 7.73. The fourth-order valence-electron chi connectivity index (χ4n) is 3.32. The summed E-state index contributed by atoms with van der Waals surface area (Å²) in [5.41, 5.74) is 11.3. The lowest BCUT2D eigenvalue weighted by molar-refractivity contribution is -0.150. The fraction of sp³-hybridized carbons (Fsp3) is 0.438. The number of carbonyl (C=O) groups is 3. The third-order valence-electron chi connectivity index (χ3n) is 4.80. The lowest BCUT2D eigenvalue weighted by Crippen LogP contribution is -2.71. The Hall–Kier alpha value is -3.29. The van der Waals surface area contributed by atoms with Crippen molar-refractivity contribution in [2.24, 2.45) is 10.9 Å². The largest absolute Gasteiger partial charge is 0.477 e. The summed E-state index contributed by atoms with van der Waals surface area (Å²) in [5, 5.41) is 27.4. The number of aliphatic carboxylic acids is 1. The Kier molecular flexibility index (Phi) is 7.48. The predicted octanol–water partition coefficient (Wildman–Crippen LogP) is -2.05. The second-order valence-corrected chi connectivity index (χ2v) is 9.79. The number of β-lactam (4-membered cyclic amide) rings is 1. The molecule has 0 spiro atoms. The van der Waals surface area contributed by atoms with Crippen LogP contribution in [0.5, 0.6) is 0 Å². The van der Waals surface area contributed by atoms with Crippen molar-refractivity contribution >= 4 is 63.7 Å². The molecule has 4 rings (SSSR count). The minimum atomic E-state index is -1.24. The molecular weight excluding hydrogens is 522 g/mol. The van der Waals surface area contributed by atoms with Crippen molar-refractivity contribution in [1.29, 1.82) is 0 Å². The third kappa shape index (κ3) is 4.92. The van der Waals surface area contributed by atoms with Crippen LogP contribution in [0.1, 0.15) is 5.82 Å². The first kappa shape index (κ1) is 24.8. The van der Waals surface area contributed by atoms with Crippen LogP contribution in [0.3, 0.4) is 0 Å². The highest BCUT2D eigenvalue weighted by Gasteiger charge is 2.54. The molecule has 35 heavy (non-hydrogen) atoms. The fourth-order valence-corrected chi connectivity index (χ4v) is 6.15. The summed E-state index contributed by atoms with van der Waals surface area (Å²) in [6.45, 7) is 0.762. The van der Waals surface area contributed by atoms with Crippen LogP contribution in [0, 0.1) is 0 Å². The summed E-state index contributed by atoms with van der Waals surface area (Å²) >= 11 is 3.45. The van der Waals surface area contributed by atoms with Crippen molar-refractivity contribution < 1.29 is 24.3 Å². The van der Waals surface area contributed by atoms with E-state index in [4.69, 9.17) is 16.3 Å². The quantitative estimate of drug-likeness (QED) is 0.110. The smallest absolute Gasteiger partial charge is 0.352 e. The van der Waals surface area contributed by atoms with Gasteiger partial charge in [0.2, 0.25) is 16.7 Å². The molecule has 2 atom stereocenters. The summed E-state index contributed by atoms with van der Waals surface area (Å²) in [4.78, 5) is 47.5. The molecule has 0 saturated carbocycles. The Labute approximate surface area is 209 Å². The minimum absolute atomic E-state index is 0.0471. The van der Waals surface area contributed by atoms with Gasteiger partial charge in [0, 0.05) is 29.6 Å². The van der Waals surface area contributed by atoms with E-state index < -0.39 is 29.2 Å². The number of hydrogen-bond acceptors (Lipinski definition) is 15. The molecule has 1 unspecified atom stereocenters. The number of carbonyl (C=O) groups excluding carboxylic acids is 2. The van der Waals surface area contributed by atoms with E-state index in [0.29, 0.717) is 29.6 Å². The highest BCUT2D eigenvalue weighted by molar-refractivity contribution is 8.01. The molecule has 0 bridgehead atoms. The average molecular weight is 542 g/mol. The summed E-state index contributed by atoms with van der Waals surface area (Å²) < 4.78 is 5.46. The van der Waals surface area contributed by atoms with Gasteiger partial charge in [-0.3, -0.25) is 14.5 Å². The number of nitrogens with zero attached hydrogens (tertiary/aromatic N) is 8. The van der Waals surface area contributed by atoms with Gasteiger partial charge in [0.05, 0.1) is 6.54 Å².